The van der Waals surface area contributed by atoms with Gasteiger partial charge >= 0.3 is 0 Å². The summed E-state index contributed by atoms with van der Waals surface area (Å²) < 4.78 is 16.9. The zero-order valence-corrected chi connectivity index (χ0v) is 14.7. The number of nitrogens with zero attached hydrogens (tertiary/aromatic N) is 1. The summed E-state index contributed by atoms with van der Waals surface area (Å²) in [5, 5.41) is 9.73. The molecule has 0 aromatic carbocycles. The third-order valence-electron chi connectivity index (χ3n) is 6.65. The van der Waals surface area contributed by atoms with Crippen molar-refractivity contribution in [3.63, 3.8) is 0 Å². The summed E-state index contributed by atoms with van der Waals surface area (Å²) in [6.45, 7) is 1.75. The molecule has 1 N–H and O–H groups in total. The first-order valence-electron chi connectivity index (χ1n) is 9.71. The number of unbranched alkanes of at least 4 members (excludes halogenated alkanes) is 1. The van der Waals surface area contributed by atoms with Crippen LogP contribution in [0.1, 0.15) is 19.3 Å². The van der Waals surface area contributed by atoms with Crippen LogP contribution in [0, 0.1) is 23.7 Å². The van der Waals surface area contributed by atoms with Crippen LogP contribution in [-0.2, 0) is 23.8 Å². The second-order valence-electron chi connectivity index (χ2n) is 8.11. The monoisotopic (exact) mass is 363 g/mol. The highest BCUT2D eigenvalue weighted by molar-refractivity contribution is 6.06. The highest BCUT2D eigenvalue weighted by Gasteiger charge is 2.58. The first-order chi connectivity index (χ1) is 12.6. The molecule has 3 saturated heterocycles. The number of ether oxygens (including phenoxy) is 3. The highest BCUT2D eigenvalue weighted by Crippen LogP contribution is 2.52. The van der Waals surface area contributed by atoms with Crippen molar-refractivity contribution in [1.82, 2.24) is 4.90 Å². The van der Waals surface area contributed by atoms with Crippen molar-refractivity contribution in [2.24, 2.45) is 23.7 Å². The molecular formula is C19H25NO6. The Labute approximate surface area is 152 Å². The fourth-order valence-electron chi connectivity index (χ4n) is 5.38. The van der Waals surface area contributed by atoms with E-state index in [0.29, 0.717) is 26.4 Å². The van der Waals surface area contributed by atoms with Crippen molar-refractivity contribution >= 4 is 11.8 Å². The molecule has 2 amide bonds. The average Bonchev–Trinajstić information content (AvgIpc) is 3.41. The van der Waals surface area contributed by atoms with Crippen LogP contribution in [-0.4, -0.2) is 72.6 Å². The summed E-state index contributed by atoms with van der Waals surface area (Å²) in [5.41, 5.74) is 0. The lowest BCUT2D eigenvalue weighted by Gasteiger charge is -2.18. The molecule has 7 heteroatoms. The number of likely N-dealkylation sites (tertiary alicyclic amines) is 1. The van der Waals surface area contributed by atoms with Gasteiger partial charge in [-0.2, -0.15) is 0 Å². The van der Waals surface area contributed by atoms with Crippen LogP contribution in [0.15, 0.2) is 12.2 Å². The van der Waals surface area contributed by atoms with Gasteiger partial charge in [0.2, 0.25) is 11.8 Å². The minimum atomic E-state index is -0.565. The molecule has 2 bridgehead atoms. The van der Waals surface area contributed by atoms with Gasteiger partial charge in [0.1, 0.15) is 24.4 Å². The molecule has 7 nitrogen and oxygen atoms in total. The maximum atomic E-state index is 12.6. The molecule has 0 spiro atoms. The minimum Gasteiger partial charge on any atom is -0.388 e. The fraction of sp³-hybridized carbons (Fsp3) is 0.789. The van der Waals surface area contributed by atoms with Gasteiger partial charge in [-0.15, -0.1) is 0 Å². The Morgan fingerprint density at radius 2 is 1.73 bits per heavy atom. The van der Waals surface area contributed by atoms with Crippen LogP contribution in [0.3, 0.4) is 0 Å². The summed E-state index contributed by atoms with van der Waals surface area (Å²) in [7, 11) is 0. The smallest absolute Gasteiger partial charge is 0.233 e. The number of fused-ring (bicyclic) bond motifs is 6. The van der Waals surface area contributed by atoms with Crippen LogP contribution in [0.5, 0.6) is 0 Å². The first kappa shape index (κ1) is 16.9. The summed E-state index contributed by atoms with van der Waals surface area (Å²) in [6.07, 6.45) is 5.55. The van der Waals surface area contributed by atoms with Crippen molar-refractivity contribution in [3.05, 3.63) is 12.2 Å². The Bertz CT molecular complexity index is 606. The predicted octanol–water partition coefficient (Wildman–Crippen LogP) is 0.117. The third kappa shape index (κ3) is 2.48. The van der Waals surface area contributed by atoms with Gasteiger partial charge in [0, 0.05) is 13.2 Å². The lowest BCUT2D eigenvalue weighted by molar-refractivity contribution is -0.140. The molecule has 1 saturated carbocycles. The predicted molar refractivity (Wildman–Crippen MR) is 88.9 cm³/mol. The van der Waals surface area contributed by atoms with Gasteiger partial charge in [-0.05, 0) is 31.1 Å². The van der Waals surface area contributed by atoms with Crippen LogP contribution in [0.2, 0.25) is 0 Å². The first-order valence-corrected chi connectivity index (χ1v) is 9.71. The molecule has 2 aliphatic carbocycles. The maximum absolute atomic E-state index is 12.6. The lowest BCUT2D eigenvalue weighted by Crippen LogP contribution is -2.34. The van der Waals surface area contributed by atoms with E-state index in [1.807, 2.05) is 0 Å². The molecule has 0 unspecified atom stereocenters. The summed E-state index contributed by atoms with van der Waals surface area (Å²) in [5.74, 6) is 0.384. The molecule has 0 aromatic rings. The summed E-state index contributed by atoms with van der Waals surface area (Å²) >= 11 is 0. The van der Waals surface area contributed by atoms with Crippen LogP contribution in [0.25, 0.3) is 0 Å². The van der Waals surface area contributed by atoms with E-state index in [1.54, 1.807) is 0 Å². The number of hydrogen-bond donors (Lipinski definition) is 1. The SMILES string of the molecule is O=C1[C@@H]2[C@H](C(=O)N1CCCCO[C@H]1CO[C@H]3[C@@H]1OC[C@H]3O)[C@H]1C=C[C@@H]2C1. The van der Waals surface area contributed by atoms with Gasteiger partial charge in [-0.1, -0.05) is 12.2 Å². The van der Waals surface area contributed by atoms with Crippen LogP contribution in [0.4, 0.5) is 0 Å². The number of amides is 2. The second kappa shape index (κ2) is 6.41. The Hall–Kier alpha value is -1.28. The maximum Gasteiger partial charge on any atom is 0.233 e. The molecule has 8 atom stereocenters. The normalized spacial score (nSPS) is 45.8. The molecule has 0 radical (unpaired) electrons. The third-order valence-corrected chi connectivity index (χ3v) is 6.65. The molecule has 3 heterocycles. The van der Waals surface area contributed by atoms with E-state index in [9.17, 15) is 14.7 Å². The van der Waals surface area contributed by atoms with Crippen molar-refractivity contribution in [1.29, 1.82) is 0 Å². The molecule has 5 rings (SSSR count). The Morgan fingerprint density at radius 1 is 1.04 bits per heavy atom. The van der Waals surface area contributed by atoms with Crippen LogP contribution < -0.4 is 0 Å². The van der Waals surface area contributed by atoms with Gasteiger partial charge in [-0.3, -0.25) is 14.5 Å². The van der Waals surface area contributed by atoms with E-state index < -0.39 is 6.10 Å². The lowest BCUT2D eigenvalue weighted by atomic mass is 9.85. The van der Waals surface area contributed by atoms with Crippen molar-refractivity contribution in [3.8, 4) is 0 Å². The molecule has 4 fully saturated rings. The number of imide groups is 1. The molecule has 5 aliphatic rings. The minimum absolute atomic E-state index is 0.0261. The quantitative estimate of drug-likeness (QED) is 0.410. The van der Waals surface area contributed by atoms with E-state index in [-0.39, 0.29) is 53.8 Å². The van der Waals surface area contributed by atoms with Crippen molar-refractivity contribution < 1.29 is 28.9 Å². The van der Waals surface area contributed by atoms with Gasteiger partial charge in [0.25, 0.3) is 0 Å². The van der Waals surface area contributed by atoms with Gasteiger partial charge in [0.15, 0.2) is 0 Å². The molecule has 3 aliphatic heterocycles. The number of aliphatic hydroxyl groups excluding tert-OH is 1. The Kier molecular flexibility index (Phi) is 4.15. The van der Waals surface area contributed by atoms with Crippen molar-refractivity contribution in [2.75, 3.05) is 26.4 Å². The van der Waals surface area contributed by atoms with E-state index >= 15 is 0 Å². The number of carbonyl (C=O) groups excluding carboxylic acids is 2. The summed E-state index contributed by atoms with van der Waals surface area (Å²) in [6, 6.07) is 0. The number of carbonyl (C=O) groups is 2. The molecule has 142 valence electrons. The number of hydrogen-bond acceptors (Lipinski definition) is 6. The van der Waals surface area contributed by atoms with Gasteiger partial charge in [0.05, 0.1) is 25.0 Å². The number of rotatable bonds is 6. The van der Waals surface area contributed by atoms with E-state index in [1.165, 1.54) is 4.90 Å². The molecule has 0 aromatic heterocycles. The standard InChI is InChI=1S/C19H25NO6/c21-12-8-25-17-13(9-26-16(12)17)24-6-2-1-5-20-18(22)14-10-3-4-11(7-10)15(14)19(20)23/h3-4,10-17,21H,1-2,5-9H2/t10-,11+,12-,13+,14+,15-,16-,17-/m1/s1. The molecule has 26 heavy (non-hydrogen) atoms. The van der Waals surface area contributed by atoms with E-state index in [2.05, 4.69) is 12.2 Å². The number of allylic oxidation sites excluding steroid dienone is 2. The average molecular weight is 363 g/mol. The van der Waals surface area contributed by atoms with Crippen LogP contribution >= 0.6 is 0 Å². The summed E-state index contributed by atoms with van der Waals surface area (Å²) in [4.78, 5) is 26.7. The van der Waals surface area contributed by atoms with Gasteiger partial charge in [-0.25, -0.2) is 0 Å². The Balaban J connectivity index is 1.07. The van der Waals surface area contributed by atoms with Crippen molar-refractivity contribution in [2.45, 2.75) is 43.7 Å². The highest BCUT2D eigenvalue weighted by atomic mass is 16.6. The topological polar surface area (TPSA) is 85.3 Å². The van der Waals surface area contributed by atoms with E-state index in [0.717, 1.165) is 19.3 Å². The second-order valence-corrected chi connectivity index (χ2v) is 8.11. The molecular weight excluding hydrogens is 338 g/mol. The zero-order chi connectivity index (χ0) is 17.8. The number of aliphatic hydroxyl groups is 1. The zero-order valence-electron chi connectivity index (χ0n) is 14.7. The largest absolute Gasteiger partial charge is 0.388 e. The van der Waals surface area contributed by atoms with Gasteiger partial charge < -0.3 is 19.3 Å². The van der Waals surface area contributed by atoms with E-state index in [4.69, 9.17) is 14.2 Å². The Morgan fingerprint density at radius 3 is 2.46 bits per heavy atom. The fourth-order valence-corrected chi connectivity index (χ4v) is 5.38.